The first-order chi connectivity index (χ1) is 9.39. The van der Waals surface area contributed by atoms with Crippen molar-refractivity contribution in [2.45, 2.75) is 13.3 Å². The van der Waals surface area contributed by atoms with E-state index in [1.807, 2.05) is 0 Å². The Morgan fingerprint density at radius 1 is 1.35 bits per heavy atom. The highest BCUT2D eigenvalue weighted by Gasteiger charge is 2.17. The van der Waals surface area contributed by atoms with Gasteiger partial charge in [-0.3, -0.25) is 9.71 Å². The Morgan fingerprint density at radius 2 is 2.00 bits per heavy atom. The minimum Gasteiger partial charge on any atom is -0.394 e. The molecule has 108 valence electrons. The van der Waals surface area contributed by atoms with Crippen molar-refractivity contribution in [3.05, 3.63) is 35.8 Å². The number of nitrogens with zero attached hydrogens (tertiary/aromatic N) is 3. The Kier molecular flexibility index (Phi) is 3.93. The van der Waals surface area contributed by atoms with Crippen LogP contribution in [-0.4, -0.2) is 28.9 Å². The Balaban J connectivity index is 2.08. The predicted molar refractivity (Wildman–Crippen MR) is 77.7 cm³/mol. The van der Waals surface area contributed by atoms with E-state index in [4.69, 9.17) is 5.73 Å². The summed E-state index contributed by atoms with van der Waals surface area (Å²) in [7, 11) is -1.83. The smallest absolute Gasteiger partial charge is 0.234 e. The second-order valence-electron chi connectivity index (χ2n) is 4.50. The Labute approximate surface area is 117 Å². The maximum absolute atomic E-state index is 12.1. The molecular weight excluding hydrogens is 278 g/mol. The van der Waals surface area contributed by atoms with Crippen LogP contribution in [0.3, 0.4) is 0 Å². The number of nitrogens with two attached hydrogens (primary N) is 1. The molecule has 0 saturated heterocycles. The van der Waals surface area contributed by atoms with Crippen LogP contribution in [-0.2, 0) is 23.5 Å². The number of rotatable bonds is 5. The van der Waals surface area contributed by atoms with Gasteiger partial charge in [0.05, 0.1) is 17.1 Å². The normalized spacial score (nSPS) is 11.5. The van der Waals surface area contributed by atoms with Gasteiger partial charge < -0.3 is 5.73 Å². The molecule has 7 nitrogen and oxygen atoms in total. The van der Waals surface area contributed by atoms with Crippen molar-refractivity contribution in [2.24, 2.45) is 7.05 Å². The highest BCUT2D eigenvalue weighted by atomic mass is 32.2. The van der Waals surface area contributed by atoms with Crippen LogP contribution in [0.2, 0.25) is 0 Å². The van der Waals surface area contributed by atoms with E-state index in [0.717, 1.165) is 5.56 Å². The topological polar surface area (TPSA) is 103 Å². The molecule has 0 aliphatic carbocycles. The molecule has 0 aliphatic heterocycles. The van der Waals surface area contributed by atoms with E-state index in [9.17, 15) is 8.42 Å². The van der Waals surface area contributed by atoms with Gasteiger partial charge in [0.25, 0.3) is 0 Å². The highest BCUT2D eigenvalue weighted by Crippen LogP contribution is 2.22. The van der Waals surface area contributed by atoms with Crippen LogP contribution in [0, 0.1) is 6.92 Å². The molecule has 0 aromatic carbocycles. The number of anilines is 2. The number of sulfonamides is 1. The van der Waals surface area contributed by atoms with Crippen LogP contribution in [0.4, 0.5) is 11.5 Å². The summed E-state index contributed by atoms with van der Waals surface area (Å²) in [6.45, 7) is 1.73. The lowest BCUT2D eigenvalue weighted by Gasteiger charge is -2.09. The van der Waals surface area contributed by atoms with Crippen LogP contribution in [0.15, 0.2) is 24.5 Å². The van der Waals surface area contributed by atoms with Gasteiger partial charge in [-0.25, -0.2) is 13.1 Å². The molecule has 2 aromatic heterocycles. The molecule has 0 spiro atoms. The lowest BCUT2D eigenvalue weighted by atomic mass is 10.2. The fraction of sp³-hybridized carbons (Fsp3) is 0.333. The summed E-state index contributed by atoms with van der Waals surface area (Å²) in [4.78, 5) is 3.89. The zero-order valence-electron chi connectivity index (χ0n) is 11.4. The number of hydrogen-bond acceptors (Lipinski definition) is 5. The van der Waals surface area contributed by atoms with Crippen molar-refractivity contribution < 1.29 is 8.42 Å². The van der Waals surface area contributed by atoms with Crippen molar-refractivity contribution in [2.75, 3.05) is 16.2 Å². The molecule has 2 rings (SSSR count). The summed E-state index contributed by atoms with van der Waals surface area (Å²) < 4.78 is 28.0. The van der Waals surface area contributed by atoms with Crippen molar-refractivity contribution in [1.29, 1.82) is 0 Å². The van der Waals surface area contributed by atoms with Crippen molar-refractivity contribution in [3.63, 3.8) is 0 Å². The van der Waals surface area contributed by atoms with Crippen LogP contribution in [0.5, 0.6) is 0 Å². The Bertz CT molecular complexity index is 694. The summed E-state index contributed by atoms with van der Waals surface area (Å²) in [6.07, 6.45) is 3.68. The molecule has 0 bridgehead atoms. The number of hydrogen-bond donors (Lipinski definition) is 2. The van der Waals surface area contributed by atoms with E-state index in [0.29, 0.717) is 23.6 Å². The molecule has 0 amide bonds. The number of pyridine rings is 1. The van der Waals surface area contributed by atoms with E-state index >= 15 is 0 Å². The third-order valence-electron chi connectivity index (χ3n) is 2.93. The summed E-state index contributed by atoms with van der Waals surface area (Å²) >= 11 is 0. The zero-order chi connectivity index (χ0) is 14.8. The number of nitrogens with one attached hydrogen (secondary N) is 1. The van der Waals surface area contributed by atoms with Gasteiger partial charge in [-0.1, -0.05) is 0 Å². The zero-order valence-corrected chi connectivity index (χ0v) is 12.2. The highest BCUT2D eigenvalue weighted by molar-refractivity contribution is 7.92. The molecule has 0 aliphatic rings. The van der Waals surface area contributed by atoms with Gasteiger partial charge in [0.2, 0.25) is 10.0 Å². The van der Waals surface area contributed by atoms with Gasteiger partial charge in [0, 0.05) is 19.4 Å². The number of aromatic nitrogens is 3. The van der Waals surface area contributed by atoms with Gasteiger partial charge in [-0.05, 0) is 31.0 Å². The van der Waals surface area contributed by atoms with Crippen LogP contribution in [0.25, 0.3) is 0 Å². The van der Waals surface area contributed by atoms with E-state index in [2.05, 4.69) is 14.8 Å². The Hall–Kier alpha value is -2.09. The van der Waals surface area contributed by atoms with E-state index in [1.54, 1.807) is 38.5 Å². The summed E-state index contributed by atoms with van der Waals surface area (Å²) in [6, 6.07) is 3.58. The van der Waals surface area contributed by atoms with Crippen LogP contribution in [0.1, 0.15) is 11.3 Å². The minimum absolute atomic E-state index is 0.0271. The molecule has 3 N–H and O–H groups in total. The molecule has 0 atom stereocenters. The lowest BCUT2D eigenvalue weighted by Crippen LogP contribution is -2.20. The molecule has 2 heterocycles. The second kappa shape index (κ2) is 5.49. The maximum atomic E-state index is 12.1. The SMILES string of the molecule is Cc1nn(C)c(NS(=O)(=O)CCc2ccncc2)c1N. The molecule has 0 saturated carbocycles. The van der Waals surface area contributed by atoms with Gasteiger partial charge in [-0.2, -0.15) is 5.10 Å². The monoisotopic (exact) mass is 295 g/mol. The molecule has 0 radical (unpaired) electrons. The van der Waals surface area contributed by atoms with Gasteiger partial charge in [0.1, 0.15) is 0 Å². The minimum atomic E-state index is -3.48. The van der Waals surface area contributed by atoms with E-state index in [1.165, 1.54) is 4.68 Å². The first kappa shape index (κ1) is 14.3. The summed E-state index contributed by atoms with van der Waals surface area (Å²) in [5.74, 6) is 0.276. The number of aryl methyl sites for hydroxylation is 3. The summed E-state index contributed by atoms with van der Waals surface area (Å²) in [5.41, 5.74) is 7.66. The average molecular weight is 295 g/mol. The van der Waals surface area contributed by atoms with Crippen LogP contribution >= 0.6 is 0 Å². The fourth-order valence-electron chi connectivity index (χ4n) is 1.80. The first-order valence-corrected chi connectivity index (χ1v) is 7.73. The molecule has 0 unspecified atom stereocenters. The standard InChI is InChI=1S/C12H17N5O2S/c1-9-11(13)12(17(2)15-9)16-20(18,19)8-5-10-3-6-14-7-4-10/h3-4,6-7,16H,5,8,13H2,1-2H3. The van der Waals surface area contributed by atoms with Gasteiger partial charge >= 0.3 is 0 Å². The molecule has 2 aromatic rings. The lowest BCUT2D eigenvalue weighted by molar-refractivity contribution is 0.599. The quantitative estimate of drug-likeness (QED) is 0.844. The van der Waals surface area contributed by atoms with Crippen LogP contribution < -0.4 is 10.5 Å². The fourth-order valence-corrected chi connectivity index (χ4v) is 2.94. The molecule has 0 fully saturated rings. The Morgan fingerprint density at radius 3 is 2.55 bits per heavy atom. The molecular formula is C12H17N5O2S. The maximum Gasteiger partial charge on any atom is 0.234 e. The summed E-state index contributed by atoms with van der Waals surface area (Å²) in [5, 5.41) is 4.07. The molecule has 20 heavy (non-hydrogen) atoms. The van der Waals surface area contributed by atoms with Gasteiger partial charge in [0.15, 0.2) is 5.82 Å². The first-order valence-electron chi connectivity index (χ1n) is 6.07. The largest absolute Gasteiger partial charge is 0.394 e. The van der Waals surface area contributed by atoms with E-state index < -0.39 is 10.0 Å². The van der Waals surface area contributed by atoms with Crippen molar-refractivity contribution in [3.8, 4) is 0 Å². The van der Waals surface area contributed by atoms with Crippen molar-refractivity contribution in [1.82, 2.24) is 14.8 Å². The second-order valence-corrected chi connectivity index (χ2v) is 6.34. The average Bonchev–Trinajstić information content (AvgIpc) is 2.64. The molecule has 8 heteroatoms. The third kappa shape index (κ3) is 3.27. The predicted octanol–water partition coefficient (Wildman–Crippen LogP) is 0.690. The third-order valence-corrected chi connectivity index (χ3v) is 4.18. The van der Waals surface area contributed by atoms with E-state index in [-0.39, 0.29) is 5.75 Å². The number of nitrogen functional groups attached to an aromatic ring is 1. The van der Waals surface area contributed by atoms with Gasteiger partial charge in [-0.15, -0.1) is 0 Å². The van der Waals surface area contributed by atoms with Crippen molar-refractivity contribution >= 4 is 21.5 Å².